The topological polar surface area (TPSA) is 92.7 Å². The van der Waals surface area contributed by atoms with E-state index in [0.717, 1.165) is 47.3 Å². The molecule has 0 saturated heterocycles. The van der Waals surface area contributed by atoms with E-state index in [9.17, 15) is 19.5 Å². The van der Waals surface area contributed by atoms with E-state index in [1.165, 1.54) is 18.4 Å². The molecule has 0 spiro atoms. The molecule has 29 heavy (non-hydrogen) atoms. The highest BCUT2D eigenvalue weighted by molar-refractivity contribution is 7.17. The molecular weight excluding hydrogens is 390 g/mol. The van der Waals surface area contributed by atoms with Gasteiger partial charge in [0.2, 0.25) is 5.91 Å². The van der Waals surface area contributed by atoms with Crippen LogP contribution in [0.3, 0.4) is 0 Å². The van der Waals surface area contributed by atoms with Gasteiger partial charge in [0.1, 0.15) is 5.00 Å². The second kappa shape index (κ2) is 8.69. The van der Waals surface area contributed by atoms with Crippen molar-refractivity contribution in [2.24, 2.45) is 17.8 Å². The normalized spacial score (nSPS) is 24.1. The molecule has 3 rings (SSSR count). The first-order valence-electron chi connectivity index (χ1n) is 10.2. The van der Waals surface area contributed by atoms with Crippen molar-refractivity contribution in [2.75, 3.05) is 12.4 Å². The molecule has 0 bridgehead atoms. The maximum absolute atomic E-state index is 13.1. The van der Waals surface area contributed by atoms with Gasteiger partial charge in [-0.05, 0) is 57.4 Å². The molecule has 1 heterocycles. The van der Waals surface area contributed by atoms with Gasteiger partial charge >= 0.3 is 11.9 Å². The maximum Gasteiger partial charge on any atom is 0.341 e. The van der Waals surface area contributed by atoms with E-state index in [1.807, 2.05) is 13.8 Å². The molecule has 2 N–H and O–H groups in total. The molecule has 6 nitrogen and oxygen atoms in total. The van der Waals surface area contributed by atoms with E-state index in [-0.39, 0.29) is 5.91 Å². The smallest absolute Gasteiger partial charge is 0.341 e. The van der Waals surface area contributed by atoms with E-state index in [0.29, 0.717) is 29.3 Å². The van der Waals surface area contributed by atoms with Crippen LogP contribution >= 0.6 is 11.3 Å². The van der Waals surface area contributed by atoms with E-state index in [1.54, 1.807) is 0 Å². The number of hydrogen-bond donors (Lipinski definition) is 2. The molecule has 7 heteroatoms. The van der Waals surface area contributed by atoms with Gasteiger partial charge in [-0.1, -0.05) is 24.5 Å². The molecule has 0 saturated carbocycles. The number of fused-ring (bicyclic) bond motifs is 1. The number of amides is 1. The summed E-state index contributed by atoms with van der Waals surface area (Å²) in [4.78, 5) is 38.4. The summed E-state index contributed by atoms with van der Waals surface area (Å²) in [6.07, 6.45) is 4.60. The Bertz CT molecular complexity index is 869. The summed E-state index contributed by atoms with van der Waals surface area (Å²) in [5.74, 6) is -2.55. The van der Waals surface area contributed by atoms with Gasteiger partial charge in [0.15, 0.2) is 0 Å². The average Bonchev–Trinajstić information content (AvgIpc) is 3.05. The summed E-state index contributed by atoms with van der Waals surface area (Å²) >= 11 is 1.44. The first-order valence-corrected chi connectivity index (χ1v) is 11.0. The summed E-state index contributed by atoms with van der Waals surface area (Å²) in [6, 6.07) is 0. The standard InChI is InChI=1S/C22H29NO5S/c1-5-13-6-7-14-17(10-13)29-20(18(14)22(27)28-4)23-19(24)15-8-11(2)12(3)9-16(15)21(25)26/h13,15-16H,5-10H2,1-4H3,(H,23,24)(H,25,26)/t13-,15-,16-/m0/s1. The third-order valence-corrected chi connectivity index (χ3v) is 7.66. The molecule has 158 valence electrons. The lowest BCUT2D eigenvalue weighted by Gasteiger charge is -2.29. The van der Waals surface area contributed by atoms with Gasteiger partial charge in [0.25, 0.3) is 0 Å². The summed E-state index contributed by atoms with van der Waals surface area (Å²) < 4.78 is 4.99. The quantitative estimate of drug-likeness (QED) is 0.544. The Morgan fingerprint density at radius 3 is 2.38 bits per heavy atom. The van der Waals surface area contributed by atoms with Crippen LogP contribution < -0.4 is 5.32 Å². The molecule has 1 aromatic rings. The predicted octanol–water partition coefficient (Wildman–Crippen LogP) is 4.44. The van der Waals surface area contributed by atoms with E-state index in [2.05, 4.69) is 12.2 Å². The van der Waals surface area contributed by atoms with Gasteiger partial charge in [0, 0.05) is 4.88 Å². The van der Waals surface area contributed by atoms with Crippen molar-refractivity contribution in [3.8, 4) is 0 Å². The zero-order valence-electron chi connectivity index (χ0n) is 17.5. The molecule has 3 atom stereocenters. The summed E-state index contributed by atoms with van der Waals surface area (Å²) in [5, 5.41) is 13.0. The number of carbonyl (C=O) groups is 3. The van der Waals surface area contributed by atoms with E-state index in [4.69, 9.17) is 4.74 Å². The van der Waals surface area contributed by atoms with Crippen LogP contribution in [0.4, 0.5) is 5.00 Å². The number of carboxylic acids is 1. The molecule has 0 unspecified atom stereocenters. The summed E-state index contributed by atoms with van der Waals surface area (Å²) in [7, 11) is 1.34. The monoisotopic (exact) mass is 419 g/mol. The fourth-order valence-corrected chi connectivity index (χ4v) is 5.79. The number of nitrogens with one attached hydrogen (secondary N) is 1. The van der Waals surface area contributed by atoms with Crippen LogP contribution in [-0.2, 0) is 27.2 Å². The third-order valence-electron chi connectivity index (χ3n) is 6.49. The molecule has 1 aromatic heterocycles. The molecule has 0 aliphatic heterocycles. The Kier molecular flexibility index (Phi) is 6.46. The fraction of sp³-hybridized carbons (Fsp3) is 0.591. The Hall–Kier alpha value is -2.15. The van der Waals surface area contributed by atoms with Crippen LogP contribution in [0.25, 0.3) is 0 Å². The second-order valence-corrected chi connectivity index (χ2v) is 9.33. The number of esters is 1. The SMILES string of the molecule is CC[C@H]1CCc2c(sc(NC(=O)[C@H]3CC(C)=C(C)C[C@@H]3C(=O)O)c2C(=O)OC)C1. The second-order valence-electron chi connectivity index (χ2n) is 8.23. The largest absolute Gasteiger partial charge is 0.481 e. The number of aliphatic carboxylic acids is 1. The number of thiophene rings is 1. The maximum atomic E-state index is 13.1. The van der Waals surface area contributed by atoms with Crippen molar-refractivity contribution in [3.63, 3.8) is 0 Å². The molecule has 0 aromatic carbocycles. The van der Waals surface area contributed by atoms with Gasteiger partial charge in [0.05, 0.1) is 24.5 Å². The van der Waals surface area contributed by atoms with Gasteiger partial charge in [-0.2, -0.15) is 0 Å². The highest BCUT2D eigenvalue weighted by Crippen LogP contribution is 2.42. The number of ether oxygens (including phenoxy) is 1. The van der Waals surface area contributed by atoms with Gasteiger partial charge in [-0.3, -0.25) is 9.59 Å². The van der Waals surface area contributed by atoms with Gasteiger partial charge in [-0.15, -0.1) is 11.3 Å². The lowest BCUT2D eigenvalue weighted by Crippen LogP contribution is -2.36. The number of carboxylic acid groups (broad SMARTS) is 1. The fourth-order valence-electron chi connectivity index (χ4n) is 4.44. The molecule has 0 fully saturated rings. The first-order chi connectivity index (χ1) is 13.8. The zero-order chi connectivity index (χ0) is 21.3. The van der Waals surface area contributed by atoms with Crippen LogP contribution in [-0.4, -0.2) is 30.1 Å². The van der Waals surface area contributed by atoms with E-state index >= 15 is 0 Å². The van der Waals surface area contributed by atoms with Crippen LogP contribution in [0.2, 0.25) is 0 Å². The molecule has 0 radical (unpaired) electrons. The Morgan fingerprint density at radius 1 is 1.14 bits per heavy atom. The number of rotatable bonds is 5. The van der Waals surface area contributed by atoms with Crippen molar-refractivity contribution in [1.29, 1.82) is 0 Å². The van der Waals surface area contributed by atoms with Crippen molar-refractivity contribution in [3.05, 3.63) is 27.2 Å². The minimum absolute atomic E-state index is 0.333. The number of allylic oxidation sites excluding steroid dienone is 2. The minimum atomic E-state index is -0.957. The van der Waals surface area contributed by atoms with Crippen LogP contribution in [0.1, 0.15) is 67.3 Å². The Balaban J connectivity index is 1.91. The average molecular weight is 420 g/mol. The van der Waals surface area contributed by atoms with E-state index < -0.39 is 23.8 Å². The van der Waals surface area contributed by atoms with Crippen LogP contribution in [0, 0.1) is 17.8 Å². The lowest BCUT2D eigenvalue weighted by atomic mass is 9.76. The number of hydrogen-bond acceptors (Lipinski definition) is 5. The van der Waals surface area contributed by atoms with Crippen molar-refractivity contribution >= 4 is 34.2 Å². The van der Waals surface area contributed by atoms with Gasteiger partial charge < -0.3 is 15.2 Å². The van der Waals surface area contributed by atoms with Crippen molar-refractivity contribution in [2.45, 2.75) is 59.3 Å². The zero-order valence-corrected chi connectivity index (χ0v) is 18.3. The number of anilines is 1. The molecule has 2 aliphatic carbocycles. The highest BCUT2D eigenvalue weighted by Gasteiger charge is 2.38. The van der Waals surface area contributed by atoms with Crippen molar-refractivity contribution < 1.29 is 24.2 Å². The summed E-state index contributed by atoms with van der Waals surface area (Å²) in [6.45, 7) is 6.04. The van der Waals surface area contributed by atoms with Gasteiger partial charge in [-0.25, -0.2) is 4.79 Å². The number of methoxy groups -OCH3 is 1. The molecular formula is C22H29NO5S. The molecule has 1 amide bonds. The third kappa shape index (κ3) is 4.25. The Labute approximate surface area is 175 Å². The minimum Gasteiger partial charge on any atom is -0.481 e. The van der Waals surface area contributed by atoms with Crippen molar-refractivity contribution in [1.82, 2.24) is 0 Å². The Morgan fingerprint density at radius 2 is 1.79 bits per heavy atom. The predicted molar refractivity (Wildman–Crippen MR) is 112 cm³/mol. The first kappa shape index (κ1) is 21.6. The highest BCUT2D eigenvalue weighted by atomic mass is 32.1. The van der Waals surface area contributed by atoms with Crippen LogP contribution in [0.5, 0.6) is 0 Å². The van der Waals surface area contributed by atoms with Crippen LogP contribution in [0.15, 0.2) is 11.1 Å². The number of carbonyl (C=O) groups excluding carboxylic acids is 2. The summed E-state index contributed by atoms with van der Waals surface area (Å²) in [5.41, 5.74) is 3.52. The molecule has 2 aliphatic rings. The lowest BCUT2D eigenvalue weighted by molar-refractivity contribution is -0.146.